The molecule has 0 bridgehead atoms. The van der Waals surface area contributed by atoms with E-state index in [1.165, 1.54) is 18.2 Å². The molecule has 0 amide bonds. The van der Waals surface area contributed by atoms with Crippen LogP contribution in [0.5, 0.6) is 0 Å². The molecule has 0 radical (unpaired) electrons. The zero-order chi connectivity index (χ0) is 15.5. The molecule has 134 valence electrons. The molecule has 1 aromatic rings. The molecule has 0 aromatic heterocycles. The molecule has 1 saturated heterocycles. The van der Waals surface area contributed by atoms with Gasteiger partial charge in [-0.25, -0.2) is 4.39 Å². The van der Waals surface area contributed by atoms with Crippen molar-refractivity contribution in [3.63, 3.8) is 0 Å². The standard InChI is InChI=1S/C14H17ClF4N2.2ClH/c15-10-2-1-3-11(16)13(10)12(4-5-14(17,18)19)21-8-6-20-7-9-21;;/h1-3,12,20H,4-9H2;2*1H/t12-;;/m0../s1. The lowest BCUT2D eigenvalue weighted by Gasteiger charge is -2.36. The Morgan fingerprint density at radius 2 is 1.78 bits per heavy atom. The molecule has 1 aromatic carbocycles. The molecule has 2 nitrogen and oxygen atoms in total. The molecule has 1 aliphatic rings. The van der Waals surface area contributed by atoms with Gasteiger partial charge in [0.05, 0.1) is 0 Å². The first-order valence-corrected chi connectivity index (χ1v) is 7.22. The fraction of sp³-hybridized carbons (Fsp3) is 0.571. The number of rotatable bonds is 4. The molecular formula is C14H19Cl3F4N2. The second-order valence-corrected chi connectivity index (χ2v) is 5.50. The van der Waals surface area contributed by atoms with Crippen LogP contribution in [-0.2, 0) is 0 Å². The highest BCUT2D eigenvalue weighted by molar-refractivity contribution is 6.31. The van der Waals surface area contributed by atoms with E-state index in [1.807, 2.05) is 4.90 Å². The van der Waals surface area contributed by atoms with Crippen molar-refractivity contribution in [2.75, 3.05) is 26.2 Å². The van der Waals surface area contributed by atoms with Crippen LogP contribution >= 0.6 is 36.4 Å². The number of piperazine rings is 1. The Bertz CT molecular complexity index is 459. The van der Waals surface area contributed by atoms with Crippen molar-refractivity contribution in [3.05, 3.63) is 34.6 Å². The summed E-state index contributed by atoms with van der Waals surface area (Å²) in [7, 11) is 0. The molecular weight excluding hydrogens is 379 g/mol. The molecule has 1 aliphatic heterocycles. The maximum Gasteiger partial charge on any atom is 0.389 e. The Hall–Kier alpha value is -0.270. The summed E-state index contributed by atoms with van der Waals surface area (Å²) in [6, 6.07) is 3.56. The lowest BCUT2D eigenvalue weighted by molar-refractivity contribution is -0.138. The summed E-state index contributed by atoms with van der Waals surface area (Å²) in [4.78, 5) is 1.87. The van der Waals surface area contributed by atoms with Gasteiger partial charge in [0.15, 0.2) is 0 Å². The first-order chi connectivity index (χ1) is 9.88. The van der Waals surface area contributed by atoms with Crippen molar-refractivity contribution >= 4 is 36.4 Å². The molecule has 0 spiro atoms. The van der Waals surface area contributed by atoms with E-state index in [9.17, 15) is 17.6 Å². The molecule has 1 fully saturated rings. The van der Waals surface area contributed by atoms with Gasteiger partial charge in [-0.15, -0.1) is 24.8 Å². The van der Waals surface area contributed by atoms with Crippen LogP contribution in [-0.4, -0.2) is 37.3 Å². The van der Waals surface area contributed by atoms with E-state index in [1.54, 1.807) is 0 Å². The van der Waals surface area contributed by atoms with Crippen LogP contribution in [0.25, 0.3) is 0 Å². The monoisotopic (exact) mass is 396 g/mol. The Balaban J connectivity index is 0.00000242. The number of halogens is 7. The van der Waals surface area contributed by atoms with Gasteiger partial charge in [0, 0.05) is 49.2 Å². The van der Waals surface area contributed by atoms with Gasteiger partial charge in [0.25, 0.3) is 0 Å². The Morgan fingerprint density at radius 1 is 1.17 bits per heavy atom. The van der Waals surface area contributed by atoms with Crippen molar-refractivity contribution in [2.24, 2.45) is 0 Å². The Kier molecular flexibility index (Phi) is 9.77. The normalized spacial score (nSPS) is 17.1. The van der Waals surface area contributed by atoms with E-state index >= 15 is 0 Å². The van der Waals surface area contributed by atoms with Gasteiger partial charge in [-0.1, -0.05) is 17.7 Å². The minimum atomic E-state index is -4.26. The van der Waals surface area contributed by atoms with E-state index in [-0.39, 0.29) is 41.8 Å². The van der Waals surface area contributed by atoms with E-state index in [0.29, 0.717) is 26.2 Å². The highest BCUT2D eigenvalue weighted by atomic mass is 35.5. The third kappa shape index (κ3) is 6.63. The van der Waals surface area contributed by atoms with Crippen molar-refractivity contribution in [3.8, 4) is 0 Å². The average molecular weight is 398 g/mol. The van der Waals surface area contributed by atoms with Crippen molar-refractivity contribution < 1.29 is 17.6 Å². The first-order valence-electron chi connectivity index (χ1n) is 6.84. The second kappa shape index (κ2) is 9.89. The summed E-state index contributed by atoms with van der Waals surface area (Å²) >= 11 is 6.03. The fourth-order valence-electron chi connectivity index (χ4n) is 2.63. The number of nitrogens with zero attached hydrogens (tertiary/aromatic N) is 1. The van der Waals surface area contributed by atoms with Crippen LogP contribution in [0.15, 0.2) is 18.2 Å². The molecule has 1 N–H and O–H groups in total. The number of hydrogen-bond acceptors (Lipinski definition) is 2. The minimum absolute atomic E-state index is 0. The SMILES string of the molecule is Cl.Cl.Fc1cccc(Cl)c1[C@H](CCC(F)(F)F)N1CCNCC1. The maximum atomic E-state index is 14.1. The summed E-state index contributed by atoms with van der Waals surface area (Å²) < 4.78 is 51.7. The number of benzene rings is 1. The van der Waals surface area contributed by atoms with Gasteiger partial charge in [0.2, 0.25) is 0 Å². The van der Waals surface area contributed by atoms with Gasteiger partial charge in [-0.05, 0) is 18.6 Å². The van der Waals surface area contributed by atoms with Gasteiger partial charge < -0.3 is 5.32 Å². The van der Waals surface area contributed by atoms with Crippen molar-refractivity contribution in [1.82, 2.24) is 10.2 Å². The highest BCUT2D eigenvalue weighted by Crippen LogP contribution is 2.36. The lowest BCUT2D eigenvalue weighted by Crippen LogP contribution is -2.45. The zero-order valence-electron chi connectivity index (χ0n) is 12.2. The van der Waals surface area contributed by atoms with Crippen LogP contribution < -0.4 is 5.32 Å². The summed E-state index contributed by atoms with van der Waals surface area (Å²) in [5, 5.41) is 3.31. The van der Waals surface area contributed by atoms with Crippen molar-refractivity contribution in [1.29, 1.82) is 0 Å². The predicted molar refractivity (Wildman–Crippen MR) is 88.4 cm³/mol. The second-order valence-electron chi connectivity index (χ2n) is 5.09. The molecule has 2 rings (SSSR count). The molecule has 9 heteroatoms. The molecule has 0 aliphatic carbocycles. The Labute approximate surface area is 150 Å². The van der Waals surface area contributed by atoms with E-state index in [4.69, 9.17) is 11.6 Å². The molecule has 0 saturated carbocycles. The van der Waals surface area contributed by atoms with Crippen LogP contribution in [0.4, 0.5) is 17.6 Å². The first kappa shape index (κ1) is 22.7. The number of hydrogen-bond donors (Lipinski definition) is 1. The van der Waals surface area contributed by atoms with Gasteiger partial charge >= 0.3 is 6.18 Å². The minimum Gasteiger partial charge on any atom is -0.314 e. The highest BCUT2D eigenvalue weighted by Gasteiger charge is 2.33. The van der Waals surface area contributed by atoms with Gasteiger partial charge in [0.1, 0.15) is 5.82 Å². The van der Waals surface area contributed by atoms with Crippen LogP contribution in [0.1, 0.15) is 24.4 Å². The Morgan fingerprint density at radius 3 is 2.30 bits per heavy atom. The summed E-state index contributed by atoms with van der Waals surface area (Å²) in [6.45, 7) is 2.50. The van der Waals surface area contributed by atoms with E-state index in [2.05, 4.69) is 5.32 Å². The third-order valence-electron chi connectivity index (χ3n) is 3.63. The lowest BCUT2D eigenvalue weighted by atomic mass is 9.98. The summed E-state index contributed by atoms with van der Waals surface area (Å²) in [6.07, 6.45) is -5.40. The summed E-state index contributed by atoms with van der Waals surface area (Å²) in [5.41, 5.74) is 0.172. The average Bonchev–Trinajstić information content (AvgIpc) is 2.42. The third-order valence-corrected chi connectivity index (χ3v) is 3.96. The molecule has 23 heavy (non-hydrogen) atoms. The largest absolute Gasteiger partial charge is 0.389 e. The number of alkyl halides is 3. The number of nitrogens with one attached hydrogen (secondary N) is 1. The topological polar surface area (TPSA) is 15.3 Å². The predicted octanol–water partition coefficient (Wildman–Crippen LogP) is 4.61. The van der Waals surface area contributed by atoms with Crippen LogP contribution in [0.3, 0.4) is 0 Å². The molecule has 1 heterocycles. The molecule has 1 atom stereocenters. The van der Waals surface area contributed by atoms with Crippen molar-refractivity contribution in [2.45, 2.75) is 25.1 Å². The fourth-order valence-corrected chi connectivity index (χ4v) is 2.92. The molecule has 0 unspecified atom stereocenters. The van der Waals surface area contributed by atoms with Gasteiger partial charge in [-0.3, -0.25) is 4.90 Å². The summed E-state index contributed by atoms with van der Waals surface area (Å²) in [5.74, 6) is -0.548. The smallest absolute Gasteiger partial charge is 0.314 e. The zero-order valence-corrected chi connectivity index (χ0v) is 14.6. The maximum absolute atomic E-state index is 14.1. The van der Waals surface area contributed by atoms with Crippen LogP contribution in [0, 0.1) is 5.82 Å². The van der Waals surface area contributed by atoms with Gasteiger partial charge in [-0.2, -0.15) is 13.2 Å². The van der Waals surface area contributed by atoms with E-state index < -0.39 is 24.5 Å². The quantitative estimate of drug-likeness (QED) is 0.746. The van der Waals surface area contributed by atoms with E-state index in [0.717, 1.165) is 0 Å². The van der Waals surface area contributed by atoms with Crippen LogP contribution in [0.2, 0.25) is 5.02 Å².